The van der Waals surface area contributed by atoms with Crippen LogP contribution in [0.15, 0.2) is 316 Å². The number of aromatic nitrogens is 5. The number of benzene rings is 10. The van der Waals surface area contributed by atoms with Gasteiger partial charge in [-0.3, -0.25) is 19.9 Å². The average Bonchev–Trinajstić information content (AvgIpc) is 1.56. The van der Waals surface area contributed by atoms with E-state index in [1.165, 1.54) is 77.9 Å². The van der Waals surface area contributed by atoms with Crippen LogP contribution in [0.4, 0.5) is 0 Å². The summed E-state index contributed by atoms with van der Waals surface area (Å²) >= 11 is 0. The van der Waals surface area contributed by atoms with E-state index >= 15 is 0 Å². The summed E-state index contributed by atoms with van der Waals surface area (Å²) in [5.41, 5.74) is 29.1. The number of rotatable bonds is 10. The first-order chi connectivity index (χ1) is 49.7. The third-order valence-corrected chi connectivity index (χ3v) is 19.7. The van der Waals surface area contributed by atoms with Gasteiger partial charge in [0.1, 0.15) is 10.8 Å². The van der Waals surface area contributed by atoms with Gasteiger partial charge in [-0.25, -0.2) is 0 Å². The Morgan fingerprint density at radius 3 is 1.03 bits per heavy atom. The molecule has 8 heteroatoms. The third kappa shape index (κ3) is 14.6. The number of hydrogen-bond acceptors (Lipinski definition) is 5. The summed E-state index contributed by atoms with van der Waals surface area (Å²) in [5, 5.41) is 0. The first-order valence-electron chi connectivity index (χ1n) is 35.0. The molecule has 0 spiro atoms. The SMILES string of the molecule is CC(C)(C)c1ccc2c(c1)C(c1cccc(-c3[c-]cccc3)n1)(c1cccc(-c3[c-]cccc3)n1)c1cc(C(C)(C)C)ccc1-2.Cc1ccc(C)c(-c2cc[c-]c(-c3ccccn3)c2)c1.[Ir].[Pt+2].[Pt+2].[c-]1ccccc1-c1cccc(C2(c3cccc(-c4[c-]cccc4)n3)c3ccccc3-c3ccccc32)n1. The standard InChI is InChI=1S/C43H38N2.C35H22N2.C19H16N.Ir.2Pt/c1-41(2,3)31-23-25-33-34-26-24-32(42(4,5)6)28-36(34)43(35(33)27-31,39-21-13-19-37(44-39)29-15-9-7-10-16-29)40-22-14-20-38(45-40)30-17-11-8-12-18-30;1-3-13-25(14-4-1)31-21-11-23-33(36-31)35(34-24-12-22-32(37-34)26-15-5-2-6-16-26)29-19-9-7-17-27(29)28-18-8-10-20-30(28)35;1-14-9-10-15(2)18(12-14)16-6-5-7-17(13-16)19-8-3-4-11-20-19;;;/h7-15,17,19-28H,1-6H3;1-13,15,17-24H;3-6,8-13H,1-2H3;;;/q2*-2;-1;;2*+2. The molecule has 2 aliphatic rings. The summed E-state index contributed by atoms with van der Waals surface area (Å²) in [6.45, 7) is 18.0. The Morgan fingerprint density at radius 1 is 0.286 bits per heavy atom. The van der Waals surface area contributed by atoms with Crippen molar-refractivity contribution in [1.29, 1.82) is 0 Å². The number of fused-ring (bicyclic) bond motifs is 6. The maximum absolute atomic E-state index is 5.48. The summed E-state index contributed by atoms with van der Waals surface area (Å²) < 4.78 is 0. The van der Waals surface area contributed by atoms with Crippen molar-refractivity contribution in [2.24, 2.45) is 0 Å². The van der Waals surface area contributed by atoms with E-state index in [0.717, 1.165) is 79.1 Å². The molecule has 1 radical (unpaired) electrons. The van der Waals surface area contributed by atoms with E-state index < -0.39 is 10.8 Å². The van der Waals surface area contributed by atoms with E-state index in [0.29, 0.717) is 0 Å². The molecule has 0 bridgehead atoms. The van der Waals surface area contributed by atoms with Crippen molar-refractivity contribution < 1.29 is 62.2 Å². The minimum absolute atomic E-state index is 0. The van der Waals surface area contributed by atoms with Gasteiger partial charge in [0, 0.05) is 26.3 Å². The first kappa shape index (κ1) is 74.7. The molecule has 0 fully saturated rings. The second-order valence-corrected chi connectivity index (χ2v) is 28.4. The molecule has 0 atom stereocenters. The molecular weight excluding hydrogens is 1820 g/mol. The fourth-order valence-electron chi connectivity index (χ4n) is 14.6. The summed E-state index contributed by atoms with van der Waals surface area (Å²) in [5.74, 6) is 0. The van der Waals surface area contributed by atoms with Crippen molar-refractivity contribution in [2.75, 3.05) is 0 Å². The van der Waals surface area contributed by atoms with Gasteiger partial charge in [0.25, 0.3) is 0 Å². The topological polar surface area (TPSA) is 64.5 Å². The molecule has 2 aliphatic carbocycles. The van der Waals surface area contributed by atoms with Gasteiger partial charge in [0.05, 0.1) is 22.8 Å². The van der Waals surface area contributed by atoms with Gasteiger partial charge < -0.3 is 4.98 Å². The van der Waals surface area contributed by atoms with Crippen LogP contribution in [0.25, 0.3) is 89.7 Å². The predicted molar refractivity (Wildman–Crippen MR) is 417 cm³/mol. The molecule has 0 aliphatic heterocycles. The van der Waals surface area contributed by atoms with Gasteiger partial charge in [-0.2, -0.15) is 0 Å². The van der Waals surface area contributed by atoms with E-state index in [1.54, 1.807) is 0 Å². The van der Waals surface area contributed by atoms with E-state index in [1.807, 2.05) is 103 Å². The Bertz CT molecular complexity index is 5240. The second-order valence-electron chi connectivity index (χ2n) is 28.4. The van der Waals surface area contributed by atoms with Crippen molar-refractivity contribution in [2.45, 2.75) is 77.0 Å². The Labute approximate surface area is 661 Å². The van der Waals surface area contributed by atoms with E-state index in [4.69, 9.17) is 19.9 Å². The monoisotopic (exact) mass is 1890 g/mol. The largest absolute Gasteiger partial charge is 2.00 e. The van der Waals surface area contributed by atoms with Crippen molar-refractivity contribution in [3.8, 4) is 89.7 Å². The zero-order chi connectivity index (χ0) is 70.0. The molecular formula is C97H76IrN5Pt2-. The summed E-state index contributed by atoms with van der Waals surface area (Å²) in [4.78, 5) is 25.9. The quantitative estimate of drug-likeness (QED) is 0.128. The molecule has 0 amide bonds. The zero-order valence-corrected chi connectivity index (χ0v) is 66.7. The molecule has 0 N–H and O–H groups in total. The van der Waals surface area contributed by atoms with E-state index in [-0.39, 0.29) is 73.1 Å². The van der Waals surface area contributed by atoms with Crippen molar-refractivity contribution in [1.82, 2.24) is 24.9 Å². The molecule has 5 aromatic heterocycles. The van der Waals surface area contributed by atoms with Gasteiger partial charge in [-0.15, -0.1) is 179 Å². The Hall–Kier alpha value is -10.0. The van der Waals surface area contributed by atoms with Crippen LogP contribution in [0.5, 0.6) is 0 Å². The number of pyridine rings is 5. The Morgan fingerprint density at radius 2 is 0.648 bits per heavy atom. The van der Waals surface area contributed by atoms with Crippen LogP contribution in [0, 0.1) is 44.2 Å². The minimum atomic E-state index is -0.747. The number of hydrogen-bond donors (Lipinski definition) is 0. The Balaban J connectivity index is 0.000000155. The maximum Gasteiger partial charge on any atom is 2.00 e. The van der Waals surface area contributed by atoms with Crippen LogP contribution in [-0.4, -0.2) is 24.9 Å². The van der Waals surface area contributed by atoms with Gasteiger partial charge in [0.2, 0.25) is 0 Å². The molecule has 5 heterocycles. The van der Waals surface area contributed by atoms with Crippen LogP contribution in [-0.2, 0) is 83.9 Å². The molecule has 0 saturated heterocycles. The molecule has 17 rings (SSSR count). The van der Waals surface area contributed by atoms with E-state index in [2.05, 4.69) is 303 Å². The average molecular weight is 1890 g/mol. The molecule has 10 aromatic carbocycles. The van der Waals surface area contributed by atoms with Gasteiger partial charge in [0.15, 0.2) is 0 Å². The minimum Gasteiger partial charge on any atom is -0.305 e. The third-order valence-electron chi connectivity index (χ3n) is 19.7. The maximum atomic E-state index is 5.48. The molecule has 0 unspecified atom stereocenters. The fraction of sp³-hybridized carbons (Fsp3) is 0.124. The normalized spacial score (nSPS) is 12.5. The van der Waals surface area contributed by atoms with Crippen LogP contribution < -0.4 is 0 Å². The summed E-state index contributed by atoms with van der Waals surface area (Å²) in [7, 11) is 0. The van der Waals surface area contributed by atoms with Crippen molar-refractivity contribution >= 4 is 0 Å². The molecule has 519 valence electrons. The summed E-state index contributed by atoms with van der Waals surface area (Å²) in [6, 6.07) is 124. The van der Waals surface area contributed by atoms with Crippen LogP contribution >= 0.6 is 0 Å². The van der Waals surface area contributed by atoms with Crippen LogP contribution in [0.3, 0.4) is 0 Å². The van der Waals surface area contributed by atoms with Gasteiger partial charge in [-0.1, -0.05) is 211 Å². The Kier molecular flexibility index (Phi) is 22.6. The molecule has 105 heavy (non-hydrogen) atoms. The van der Waals surface area contributed by atoms with Gasteiger partial charge in [-0.05, 0) is 150 Å². The number of nitrogens with zero attached hydrogens (tertiary/aromatic N) is 5. The second kappa shape index (κ2) is 31.7. The summed E-state index contributed by atoms with van der Waals surface area (Å²) in [6.07, 6.45) is 1.81. The fourth-order valence-corrected chi connectivity index (χ4v) is 14.6. The van der Waals surface area contributed by atoms with Crippen molar-refractivity contribution in [3.63, 3.8) is 0 Å². The molecule has 15 aromatic rings. The zero-order valence-electron chi connectivity index (χ0n) is 59.7. The first-order valence-corrected chi connectivity index (χ1v) is 35.0. The van der Waals surface area contributed by atoms with Crippen molar-refractivity contribution in [3.05, 3.63) is 413 Å². The molecule has 0 saturated carbocycles. The number of aryl methyl sites for hydroxylation is 2. The molecule has 5 nitrogen and oxygen atoms in total. The smallest absolute Gasteiger partial charge is 0.305 e. The van der Waals surface area contributed by atoms with Gasteiger partial charge >= 0.3 is 42.1 Å². The predicted octanol–water partition coefficient (Wildman–Crippen LogP) is 23.0. The van der Waals surface area contributed by atoms with Crippen LogP contribution in [0.2, 0.25) is 0 Å². The van der Waals surface area contributed by atoms with Crippen LogP contribution in [0.1, 0.15) is 109 Å². The van der Waals surface area contributed by atoms with E-state index in [9.17, 15) is 0 Å².